The first kappa shape index (κ1) is 16.0. The van der Waals surface area contributed by atoms with Crippen LogP contribution in [-0.2, 0) is 22.5 Å². The Labute approximate surface area is 112 Å². The van der Waals surface area contributed by atoms with Gasteiger partial charge in [0.1, 0.15) is 5.82 Å². The minimum absolute atomic E-state index is 0.0268. The van der Waals surface area contributed by atoms with Gasteiger partial charge < -0.3 is 20.9 Å². The number of aromatic nitrogens is 1. The van der Waals surface area contributed by atoms with E-state index in [1.54, 1.807) is 6.92 Å². The lowest BCUT2D eigenvalue weighted by Crippen LogP contribution is -2.21. The highest BCUT2D eigenvalue weighted by atomic mass is 19.4. The van der Waals surface area contributed by atoms with E-state index in [2.05, 4.69) is 14.5 Å². The van der Waals surface area contributed by atoms with E-state index in [1.807, 2.05) is 0 Å². The molecule has 112 valence electrons. The van der Waals surface area contributed by atoms with Crippen LogP contribution in [0, 0.1) is 0 Å². The number of hydrogen-bond donors (Lipinski definition) is 2. The van der Waals surface area contributed by atoms with Crippen molar-refractivity contribution in [1.82, 2.24) is 4.98 Å². The Morgan fingerprint density at radius 3 is 2.55 bits per heavy atom. The monoisotopic (exact) mass is 293 g/mol. The summed E-state index contributed by atoms with van der Waals surface area (Å²) in [7, 11) is 0. The van der Waals surface area contributed by atoms with Crippen molar-refractivity contribution in [2.75, 3.05) is 12.3 Å². The molecular formula is C11H14F3N3O3. The SMILES string of the molecule is CCOC(=O)Cc1cc(CN)c(N)nc1OC(F)(F)F. The van der Waals surface area contributed by atoms with Crippen molar-refractivity contribution in [3.63, 3.8) is 0 Å². The van der Waals surface area contributed by atoms with Crippen molar-refractivity contribution in [3.05, 3.63) is 17.2 Å². The van der Waals surface area contributed by atoms with Crippen LogP contribution in [0.5, 0.6) is 5.88 Å². The van der Waals surface area contributed by atoms with Crippen LogP contribution in [0.15, 0.2) is 6.07 Å². The Balaban J connectivity index is 3.12. The molecule has 0 fully saturated rings. The van der Waals surface area contributed by atoms with Crippen molar-refractivity contribution in [1.29, 1.82) is 0 Å². The molecular weight excluding hydrogens is 279 g/mol. The number of carbonyl (C=O) groups is 1. The van der Waals surface area contributed by atoms with E-state index in [0.717, 1.165) is 0 Å². The Kier molecular flexibility index (Phi) is 5.14. The Hall–Kier alpha value is -2.03. The molecule has 0 saturated carbocycles. The molecule has 20 heavy (non-hydrogen) atoms. The molecule has 0 aliphatic carbocycles. The maximum Gasteiger partial charge on any atom is 0.574 e. The molecule has 0 aliphatic rings. The normalized spacial score (nSPS) is 11.2. The molecule has 0 amide bonds. The molecule has 0 aliphatic heterocycles. The third kappa shape index (κ3) is 4.57. The van der Waals surface area contributed by atoms with Gasteiger partial charge in [0.15, 0.2) is 0 Å². The first-order valence-corrected chi connectivity index (χ1v) is 5.66. The van der Waals surface area contributed by atoms with Gasteiger partial charge in [-0.2, -0.15) is 4.98 Å². The van der Waals surface area contributed by atoms with Gasteiger partial charge in [-0.25, -0.2) is 0 Å². The molecule has 0 bridgehead atoms. The van der Waals surface area contributed by atoms with Crippen molar-refractivity contribution >= 4 is 11.8 Å². The lowest BCUT2D eigenvalue weighted by atomic mass is 10.1. The highest BCUT2D eigenvalue weighted by molar-refractivity contribution is 5.73. The van der Waals surface area contributed by atoms with Gasteiger partial charge in [-0.05, 0) is 13.0 Å². The minimum Gasteiger partial charge on any atom is -0.466 e. The second-order valence-corrected chi connectivity index (χ2v) is 3.73. The molecule has 6 nitrogen and oxygen atoms in total. The summed E-state index contributed by atoms with van der Waals surface area (Å²) in [6, 6.07) is 1.25. The van der Waals surface area contributed by atoms with Gasteiger partial charge in [-0.15, -0.1) is 13.2 Å². The lowest BCUT2D eigenvalue weighted by molar-refractivity contribution is -0.276. The van der Waals surface area contributed by atoms with Crippen LogP contribution >= 0.6 is 0 Å². The third-order valence-corrected chi connectivity index (χ3v) is 2.25. The summed E-state index contributed by atoms with van der Waals surface area (Å²) in [5, 5.41) is 0. The summed E-state index contributed by atoms with van der Waals surface area (Å²) in [5.41, 5.74) is 11.1. The topological polar surface area (TPSA) is 100 Å². The lowest BCUT2D eigenvalue weighted by Gasteiger charge is -2.14. The number of nitrogens with zero attached hydrogens (tertiary/aromatic N) is 1. The zero-order valence-electron chi connectivity index (χ0n) is 10.7. The van der Waals surface area contributed by atoms with E-state index in [1.165, 1.54) is 6.07 Å². The van der Waals surface area contributed by atoms with Crippen LogP contribution in [-0.4, -0.2) is 23.9 Å². The fourth-order valence-corrected chi connectivity index (χ4v) is 1.45. The molecule has 0 saturated heterocycles. The zero-order chi connectivity index (χ0) is 15.3. The summed E-state index contributed by atoms with van der Waals surface area (Å²) in [4.78, 5) is 14.9. The van der Waals surface area contributed by atoms with E-state index in [0.29, 0.717) is 5.56 Å². The highest BCUT2D eigenvalue weighted by Crippen LogP contribution is 2.27. The molecule has 0 spiro atoms. The summed E-state index contributed by atoms with van der Waals surface area (Å²) in [5.74, 6) is -1.66. The molecule has 1 aromatic heterocycles. The number of alkyl halides is 3. The second kappa shape index (κ2) is 6.42. The predicted molar refractivity (Wildman–Crippen MR) is 63.6 cm³/mol. The molecule has 1 rings (SSSR count). The van der Waals surface area contributed by atoms with Gasteiger partial charge >= 0.3 is 12.3 Å². The number of halogens is 3. The first-order chi connectivity index (χ1) is 9.26. The van der Waals surface area contributed by atoms with Gasteiger partial charge in [-0.1, -0.05) is 0 Å². The summed E-state index contributed by atoms with van der Waals surface area (Å²) < 4.78 is 45.3. The fraction of sp³-hybridized carbons (Fsp3) is 0.455. The van der Waals surface area contributed by atoms with Crippen molar-refractivity contribution in [2.24, 2.45) is 5.73 Å². The predicted octanol–water partition coefficient (Wildman–Crippen LogP) is 1.13. The number of pyridine rings is 1. The smallest absolute Gasteiger partial charge is 0.466 e. The molecule has 0 atom stereocenters. The molecule has 1 aromatic rings. The fourth-order valence-electron chi connectivity index (χ4n) is 1.45. The van der Waals surface area contributed by atoms with Crippen LogP contribution < -0.4 is 16.2 Å². The quantitative estimate of drug-likeness (QED) is 0.789. The van der Waals surface area contributed by atoms with E-state index in [-0.39, 0.29) is 24.5 Å². The van der Waals surface area contributed by atoms with Crippen LogP contribution in [0.4, 0.5) is 19.0 Å². The number of nitrogens with two attached hydrogens (primary N) is 2. The third-order valence-electron chi connectivity index (χ3n) is 2.25. The number of carbonyl (C=O) groups excluding carboxylic acids is 1. The molecule has 4 N–H and O–H groups in total. The second-order valence-electron chi connectivity index (χ2n) is 3.73. The van der Waals surface area contributed by atoms with Crippen LogP contribution in [0.25, 0.3) is 0 Å². The summed E-state index contributed by atoms with van der Waals surface area (Å²) in [6.45, 7) is 1.67. The molecule has 0 unspecified atom stereocenters. The number of nitrogen functional groups attached to an aromatic ring is 1. The molecule has 0 aromatic carbocycles. The van der Waals surface area contributed by atoms with Gasteiger partial charge in [0, 0.05) is 17.7 Å². The van der Waals surface area contributed by atoms with Gasteiger partial charge in [0.05, 0.1) is 13.0 Å². The maximum absolute atomic E-state index is 12.3. The van der Waals surface area contributed by atoms with E-state index >= 15 is 0 Å². The number of esters is 1. The Morgan fingerprint density at radius 2 is 2.05 bits per heavy atom. The molecule has 0 radical (unpaired) electrons. The Morgan fingerprint density at radius 1 is 1.40 bits per heavy atom. The standard InChI is InChI=1S/C11H14F3N3O3/c1-2-19-8(18)4-6-3-7(5-15)9(16)17-10(6)20-11(12,13)14/h3H,2,4-5,15H2,1H3,(H2,16,17). The molecule has 9 heteroatoms. The van der Waals surface area contributed by atoms with Crippen LogP contribution in [0.1, 0.15) is 18.1 Å². The largest absolute Gasteiger partial charge is 0.574 e. The average Bonchev–Trinajstić information content (AvgIpc) is 2.30. The number of rotatable bonds is 5. The number of anilines is 1. The number of hydrogen-bond acceptors (Lipinski definition) is 6. The van der Waals surface area contributed by atoms with Crippen molar-refractivity contribution in [3.8, 4) is 5.88 Å². The van der Waals surface area contributed by atoms with Crippen LogP contribution in [0.2, 0.25) is 0 Å². The van der Waals surface area contributed by atoms with E-state index in [4.69, 9.17) is 11.5 Å². The van der Waals surface area contributed by atoms with Crippen molar-refractivity contribution in [2.45, 2.75) is 26.3 Å². The minimum atomic E-state index is -4.94. The van der Waals surface area contributed by atoms with E-state index in [9.17, 15) is 18.0 Å². The Bertz CT molecular complexity index is 492. The number of ether oxygens (including phenoxy) is 2. The van der Waals surface area contributed by atoms with Gasteiger partial charge in [0.2, 0.25) is 5.88 Å². The summed E-state index contributed by atoms with van der Waals surface area (Å²) >= 11 is 0. The average molecular weight is 293 g/mol. The van der Waals surface area contributed by atoms with Gasteiger partial charge in [0.25, 0.3) is 0 Å². The van der Waals surface area contributed by atoms with Crippen molar-refractivity contribution < 1.29 is 27.4 Å². The van der Waals surface area contributed by atoms with E-state index < -0.39 is 24.6 Å². The highest BCUT2D eigenvalue weighted by Gasteiger charge is 2.33. The summed E-state index contributed by atoms with van der Waals surface area (Å²) in [6.07, 6.45) is -5.35. The zero-order valence-corrected chi connectivity index (χ0v) is 10.7. The van der Waals surface area contributed by atoms with Gasteiger partial charge in [-0.3, -0.25) is 4.79 Å². The van der Waals surface area contributed by atoms with Crippen LogP contribution in [0.3, 0.4) is 0 Å². The molecule has 1 heterocycles. The first-order valence-electron chi connectivity index (χ1n) is 5.66. The maximum atomic E-state index is 12.3.